The number of aromatic nitrogens is 2. The summed E-state index contributed by atoms with van der Waals surface area (Å²) in [5, 5.41) is 3.34. The van der Waals surface area contributed by atoms with Crippen LogP contribution in [-0.2, 0) is 4.74 Å². The summed E-state index contributed by atoms with van der Waals surface area (Å²) in [5.74, 6) is 0.624. The van der Waals surface area contributed by atoms with Crippen molar-refractivity contribution < 1.29 is 4.74 Å². The molecule has 1 aliphatic heterocycles. The molecule has 1 aliphatic rings. The predicted octanol–water partition coefficient (Wildman–Crippen LogP) is 1.16. The minimum atomic E-state index is 0.330. The van der Waals surface area contributed by atoms with Crippen molar-refractivity contribution in [3.63, 3.8) is 0 Å². The molecule has 0 radical (unpaired) electrons. The number of nitrogens with one attached hydrogen (secondary N) is 1. The molecule has 1 saturated heterocycles. The Kier molecular flexibility index (Phi) is 3.64. The second-order valence-electron chi connectivity index (χ2n) is 3.85. The van der Waals surface area contributed by atoms with Gasteiger partial charge in [-0.25, -0.2) is 9.97 Å². The highest BCUT2D eigenvalue weighted by Crippen LogP contribution is 2.28. The molecule has 2 heterocycles. The van der Waals surface area contributed by atoms with Gasteiger partial charge < -0.3 is 10.1 Å². The number of hydrogen-bond donors (Lipinski definition) is 1. The van der Waals surface area contributed by atoms with Gasteiger partial charge in [0.2, 0.25) is 0 Å². The molecule has 1 fully saturated rings. The molecule has 1 aromatic heterocycles. The van der Waals surface area contributed by atoms with E-state index in [0.29, 0.717) is 12.0 Å². The lowest BCUT2D eigenvalue weighted by Crippen LogP contribution is -2.30. The largest absolute Gasteiger partial charge is 0.381 e. The lowest BCUT2D eigenvalue weighted by molar-refractivity contribution is 0.0541. The summed E-state index contributed by atoms with van der Waals surface area (Å²) in [6.07, 6.45) is 5.62. The highest BCUT2D eigenvalue weighted by Gasteiger charge is 2.24. The first-order valence-electron chi connectivity index (χ1n) is 5.42. The van der Waals surface area contributed by atoms with Gasteiger partial charge in [-0.2, -0.15) is 0 Å². The van der Waals surface area contributed by atoms with Crippen LogP contribution in [0.25, 0.3) is 0 Å². The van der Waals surface area contributed by atoms with Crippen LogP contribution in [-0.4, -0.2) is 30.2 Å². The third kappa shape index (κ3) is 2.52. The Morgan fingerprint density at radius 2 is 2.27 bits per heavy atom. The molecule has 1 N–H and O–H groups in total. The third-order valence-corrected chi connectivity index (χ3v) is 2.97. The number of nitrogens with zero attached hydrogens (tertiary/aromatic N) is 2. The Morgan fingerprint density at radius 3 is 2.87 bits per heavy atom. The topological polar surface area (TPSA) is 47.0 Å². The Balaban J connectivity index is 2.09. The maximum atomic E-state index is 5.37. The Morgan fingerprint density at radius 1 is 1.47 bits per heavy atom. The molecule has 15 heavy (non-hydrogen) atoms. The molecule has 0 saturated carbocycles. The van der Waals surface area contributed by atoms with Crippen molar-refractivity contribution in [1.82, 2.24) is 15.3 Å². The van der Waals surface area contributed by atoms with E-state index in [1.807, 2.05) is 13.1 Å². The summed E-state index contributed by atoms with van der Waals surface area (Å²) in [4.78, 5) is 8.25. The van der Waals surface area contributed by atoms with Gasteiger partial charge in [0.15, 0.2) is 0 Å². The average Bonchev–Trinajstić information content (AvgIpc) is 2.33. The molecule has 0 amide bonds. The van der Waals surface area contributed by atoms with Crippen LogP contribution in [0.1, 0.15) is 24.6 Å². The molecule has 4 nitrogen and oxygen atoms in total. The van der Waals surface area contributed by atoms with Crippen LogP contribution in [0.4, 0.5) is 0 Å². The standard InChI is InChI=1S/C11H17N3O/c1-12-11(9-3-6-15-7-4-9)10-2-5-13-8-14-10/h2,5,8-9,11-12H,3-4,6-7H2,1H3. The van der Waals surface area contributed by atoms with E-state index >= 15 is 0 Å². The fourth-order valence-electron chi connectivity index (χ4n) is 2.16. The molecule has 2 rings (SSSR count). The maximum absolute atomic E-state index is 5.37. The normalized spacial score (nSPS) is 20.1. The first-order valence-corrected chi connectivity index (χ1v) is 5.42. The minimum Gasteiger partial charge on any atom is -0.381 e. The molecule has 0 aliphatic carbocycles. The second kappa shape index (κ2) is 5.19. The zero-order valence-electron chi connectivity index (χ0n) is 9.02. The lowest BCUT2D eigenvalue weighted by atomic mass is 9.90. The number of ether oxygens (including phenoxy) is 1. The van der Waals surface area contributed by atoms with Crippen molar-refractivity contribution in [2.24, 2.45) is 5.92 Å². The van der Waals surface area contributed by atoms with Crippen molar-refractivity contribution in [1.29, 1.82) is 0 Å². The van der Waals surface area contributed by atoms with E-state index in [2.05, 4.69) is 15.3 Å². The Labute approximate surface area is 90.1 Å². The fraction of sp³-hybridized carbons (Fsp3) is 0.636. The van der Waals surface area contributed by atoms with Gasteiger partial charge in [-0.15, -0.1) is 0 Å². The van der Waals surface area contributed by atoms with Gasteiger partial charge in [-0.1, -0.05) is 0 Å². The molecule has 1 unspecified atom stereocenters. The molecule has 0 aromatic carbocycles. The van der Waals surface area contributed by atoms with Gasteiger partial charge in [0.1, 0.15) is 6.33 Å². The molecule has 82 valence electrons. The molecule has 1 atom stereocenters. The number of rotatable bonds is 3. The van der Waals surface area contributed by atoms with E-state index in [0.717, 1.165) is 31.7 Å². The molecule has 0 bridgehead atoms. The molecular weight excluding hydrogens is 190 g/mol. The molecule has 1 aromatic rings. The molecular formula is C11H17N3O. The molecule has 4 heteroatoms. The predicted molar refractivity (Wildman–Crippen MR) is 57.4 cm³/mol. The molecule has 0 spiro atoms. The van der Waals surface area contributed by atoms with Gasteiger partial charge in [0, 0.05) is 19.4 Å². The first-order chi connectivity index (χ1) is 7.42. The summed E-state index contributed by atoms with van der Waals surface area (Å²) in [6, 6.07) is 2.31. The van der Waals surface area contributed by atoms with Crippen LogP contribution in [0.3, 0.4) is 0 Å². The highest BCUT2D eigenvalue weighted by atomic mass is 16.5. The van der Waals surface area contributed by atoms with E-state index in [-0.39, 0.29) is 0 Å². The van der Waals surface area contributed by atoms with Gasteiger partial charge in [0.05, 0.1) is 11.7 Å². The van der Waals surface area contributed by atoms with Crippen LogP contribution >= 0.6 is 0 Å². The third-order valence-electron chi connectivity index (χ3n) is 2.97. The summed E-state index contributed by atoms with van der Waals surface area (Å²) >= 11 is 0. The van der Waals surface area contributed by atoms with E-state index in [1.54, 1.807) is 12.5 Å². The zero-order chi connectivity index (χ0) is 10.5. The summed E-state index contributed by atoms with van der Waals surface area (Å²) in [7, 11) is 1.99. The van der Waals surface area contributed by atoms with Gasteiger partial charge in [-0.05, 0) is 31.9 Å². The van der Waals surface area contributed by atoms with Gasteiger partial charge in [-0.3, -0.25) is 0 Å². The highest BCUT2D eigenvalue weighted by molar-refractivity contribution is 5.06. The van der Waals surface area contributed by atoms with E-state index in [4.69, 9.17) is 4.74 Å². The Hall–Kier alpha value is -1.00. The smallest absolute Gasteiger partial charge is 0.115 e. The van der Waals surface area contributed by atoms with Crippen molar-refractivity contribution in [2.75, 3.05) is 20.3 Å². The Bertz CT molecular complexity index is 285. The number of hydrogen-bond acceptors (Lipinski definition) is 4. The van der Waals surface area contributed by atoms with Crippen molar-refractivity contribution >= 4 is 0 Å². The minimum absolute atomic E-state index is 0.330. The van der Waals surface area contributed by atoms with Crippen LogP contribution in [0.2, 0.25) is 0 Å². The summed E-state index contributed by atoms with van der Waals surface area (Å²) in [5.41, 5.74) is 1.08. The van der Waals surface area contributed by atoms with Crippen molar-refractivity contribution in [2.45, 2.75) is 18.9 Å². The monoisotopic (exact) mass is 207 g/mol. The van der Waals surface area contributed by atoms with E-state index in [1.165, 1.54) is 0 Å². The second-order valence-corrected chi connectivity index (χ2v) is 3.85. The first kappa shape index (κ1) is 10.5. The van der Waals surface area contributed by atoms with Crippen molar-refractivity contribution in [3.8, 4) is 0 Å². The van der Waals surface area contributed by atoms with E-state index < -0.39 is 0 Å². The lowest BCUT2D eigenvalue weighted by Gasteiger charge is -2.29. The van der Waals surface area contributed by atoms with Gasteiger partial charge >= 0.3 is 0 Å². The summed E-state index contributed by atoms with van der Waals surface area (Å²) < 4.78 is 5.37. The summed E-state index contributed by atoms with van der Waals surface area (Å²) in [6.45, 7) is 1.74. The average molecular weight is 207 g/mol. The van der Waals surface area contributed by atoms with E-state index in [9.17, 15) is 0 Å². The van der Waals surface area contributed by atoms with Crippen LogP contribution in [0.15, 0.2) is 18.6 Å². The zero-order valence-corrected chi connectivity index (χ0v) is 9.02. The van der Waals surface area contributed by atoms with Crippen molar-refractivity contribution in [3.05, 3.63) is 24.3 Å². The van der Waals surface area contributed by atoms with Crippen LogP contribution in [0, 0.1) is 5.92 Å². The van der Waals surface area contributed by atoms with Crippen LogP contribution in [0.5, 0.6) is 0 Å². The van der Waals surface area contributed by atoms with Crippen LogP contribution < -0.4 is 5.32 Å². The fourth-order valence-corrected chi connectivity index (χ4v) is 2.16. The quantitative estimate of drug-likeness (QED) is 0.808. The van der Waals surface area contributed by atoms with Gasteiger partial charge in [0.25, 0.3) is 0 Å². The SMILES string of the molecule is CNC(c1ccncn1)C1CCOCC1. The maximum Gasteiger partial charge on any atom is 0.115 e.